The van der Waals surface area contributed by atoms with Gasteiger partial charge in [0.15, 0.2) is 0 Å². The fourth-order valence-corrected chi connectivity index (χ4v) is 3.76. The van der Waals surface area contributed by atoms with Crippen LogP contribution in [0.5, 0.6) is 0 Å². The molecule has 0 bridgehead atoms. The quantitative estimate of drug-likeness (QED) is 0.382. The van der Waals surface area contributed by atoms with Crippen molar-refractivity contribution in [1.82, 2.24) is 14.4 Å². The number of pyridine rings is 2. The summed E-state index contributed by atoms with van der Waals surface area (Å²) in [6.07, 6.45) is -7.43. The van der Waals surface area contributed by atoms with E-state index in [9.17, 15) is 31.1 Å². The van der Waals surface area contributed by atoms with Gasteiger partial charge < -0.3 is 10.6 Å². The summed E-state index contributed by atoms with van der Waals surface area (Å²) in [5.74, 6) is -0.120. The van der Waals surface area contributed by atoms with Crippen molar-refractivity contribution in [1.29, 1.82) is 0 Å². The lowest BCUT2D eigenvalue weighted by molar-refractivity contribution is -0.141. The van der Waals surface area contributed by atoms with Crippen LogP contribution in [0.25, 0.3) is 5.65 Å². The van der Waals surface area contributed by atoms with E-state index in [0.29, 0.717) is 16.8 Å². The lowest BCUT2D eigenvalue weighted by Gasteiger charge is -2.13. The first-order chi connectivity index (χ1) is 14.9. The zero-order chi connectivity index (χ0) is 23.7. The van der Waals surface area contributed by atoms with Crippen molar-refractivity contribution in [3.8, 4) is 0 Å². The standard InChI is InChI=1S/C19H17F6N5OS/c1-3-32-17-12(28-15-6-10(18(20,21)22)4-5-30(15)17)8-16(31)29-11-7-14(19(23,24)25)27-9-13(11)26-2/h4-7,9,26H,3,8H2,1-2H3,(H,27,29,31). The molecule has 0 saturated heterocycles. The number of halogens is 6. The van der Waals surface area contributed by atoms with E-state index in [4.69, 9.17) is 0 Å². The van der Waals surface area contributed by atoms with Crippen LogP contribution in [0.2, 0.25) is 0 Å². The number of alkyl halides is 6. The molecule has 0 aromatic carbocycles. The van der Waals surface area contributed by atoms with E-state index in [0.717, 1.165) is 18.3 Å². The Hall–Kier alpha value is -2.96. The van der Waals surface area contributed by atoms with Crippen LogP contribution in [0.1, 0.15) is 23.9 Å². The summed E-state index contributed by atoms with van der Waals surface area (Å²) < 4.78 is 79.4. The highest BCUT2D eigenvalue weighted by Crippen LogP contribution is 2.33. The van der Waals surface area contributed by atoms with Crippen molar-refractivity contribution in [3.05, 3.63) is 47.5 Å². The van der Waals surface area contributed by atoms with Crippen molar-refractivity contribution in [2.24, 2.45) is 0 Å². The Kier molecular flexibility index (Phi) is 6.58. The number of hydrogen-bond acceptors (Lipinski definition) is 5. The Labute approximate surface area is 182 Å². The second kappa shape index (κ2) is 8.88. The number of hydrogen-bond donors (Lipinski definition) is 2. The summed E-state index contributed by atoms with van der Waals surface area (Å²) >= 11 is 1.28. The molecule has 3 heterocycles. The lowest BCUT2D eigenvalue weighted by Crippen LogP contribution is -2.18. The topological polar surface area (TPSA) is 71.3 Å². The van der Waals surface area contributed by atoms with E-state index in [1.807, 2.05) is 6.92 Å². The number of carbonyl (C=O) groups is 1. The molecular weight excluding hydrogens is 460 g/mol. The minimum absolute atomic E-state index is 0.0118. The lowest BCUT2D eigenvalue weighted by atomic mass is 10.2. The number of rotatable bonds is 6. The summed E-state index contributed by atoms with van der Waals surface area (Å²) in [7, 11) is 1.45. The van der Waals surface area contributed by atoms with Gasteiger partial charge in [0.2, 0.25) is 5.91 Å². The molecule has 0 aliphatic carbocycles. The maximum absolute atomic E-state index is 13.0. The van der Waals surface area contributed by atoms with E-state index >= 15 is 0 Å². The monoisotopic (exact) mass is 477 g/mol. The molecule has 0 aliphatic heterocycles. The minimum atomic E-state index is -4.70. The van der Waals surface area contributed by atoms with Gasteiger partial charge in [-0.05, 0) is 24.0 Å². The fourth-order valence-electron chi connectivity index (χ4n) is 2.91. The molecule has 2 N–H and O–H groups in total. The number of aromatic nitrogens is 3. The van der Waals surface area contributed by atoms with E-state index in [-0.39, 0.29) is 29.1 Å². The third-order valence-electron chi connectivity index (χ3n) is 4.32. The number of thioether (sulfide) groups is 1. The highest BCUT2D eigenvalue weighted by atomic mass is 32.2. The summed E-state index contributed by atoms with van der Waals surface area (Å²) in [6.45, 7) is 1.83. The first kappa shape index (κ1) is 23.7. The molecule has 1 amide bonds. The predicted molar refractivity (Wildman–Crippen MR) is 108 cm³/mol. The van der Waals surface area contributed by atoms with E-state index in [1.54, 1.807) is 0 Å². The molecule has 32 heavy (non-hydrogen) atoms. The number of anilines is 2. The van der Waals surface area contributed by atoms with Crippen LogP contribution in [-0.4, -0.2) is 33.1 Å². The maximum Gasteiger partial charge on any atom is 0.433 e. The molecule has 6 nitrogen and oxygen atoms in total. The summed E-state index contributed by atoms with van der Waals surface area (Å²) in [6, 6.07) is 2.48. The normalized spacial score (nSPS) is 12.2. The van der Waals surface area contributed by atoms with Gasteiger partial charge in [0.1, 0.15) is 16.4 Å². The zero-order valence-electron chi connectivity index (χ0n) is 16.7. The second-order valence-electron chi connectivity index (χ2n) is 6.53. The van der Waals surface area contributed by atoms with Gasteiger partial charge in [0.25, 0.3) is 0 Å². The van der Waals surface area contributed by atoms with Crippen LogP contribution in [0.15, 0.2) is 35.6 Å². The molecule has 0 fully saturated rings. The van der Waals surface area contributed by atoms with Crippen LogP contribution in [0, 0.1) is 0 Å². The largest absolute Gasteiger partial charge is 0.433 e. The highest BCUT2D eigenvalue weighted by molar-refractivity contribution is 7.99. The number of nitrogens with zero attached hydrogens (tertiary/aromatic N) is 3. The first-order valence-electron chi connectivity index (χ1n) is 9.19. The summed E-state index contributed by atoms with van der Waals surface area (Å²) in [4.78, 5) is 20.1. The molecule has 0 aliphatic rings. The first-order valence-corrected chi connectivity index (χ1v) is 10.2. The molecule has 0 unspecified atom stereocenters. The molecular formula is C19H17F6N5OS. The van der Waals surface area contributed by atoms with E-state index in [2.05, 4.69) is 20.6 Å². The fraction of sp³-hybridized carbons (Fsp3) is 0.316. The van der Waals surface area contributed by atoms with Crippen molar-refractivity contribution in [2.45, 2.75) is 30.7 Å². The van der Waals surface area contributed by atoms with Crippen LogP contribution in [0.4, 0.5) is 37.7 Å². The molecule has 0 spiro atoms. The second-order valence-corrected chi connectivity index (χ2v) is 7.78. The van der Waals surface area contributed by atoms with Gasteiger partial charge in [-0.2, -0.15) is 26.3 Å². The number of fused-ring (bicyclic) bond motifs is 1. The van der Waals surface area contributed by atoms with Gasteiger partial charge in [0.05, 0.1) is 35.2 Å². The van der Waals surface area contributed by atoms with Gasteiger partial charge in [-0.15, -0.1) is 11.8 Å². The molecule has 0 atom stereocenters. The van der Waals surface area contributed by atoms with Crippen molar-refractivity contribution in [3.63, 3.8) is 0 Å². The van der Waals surface area contributed by atoms with Crippen LogP contribution in [0.3, 0.4) is 0 Å². The molecule has 172 valence electrons. The Morgan fingerprint density at radius 2 is 1.84 bits per heavy atom. The predicted octanol–water partition coefficient (Wildman–Crippen LogP) is 5.10. The molecule has 0 saturated carbocycles. The Morgan fingerprint density at radius 3 is 2.44 bits per heavy atom. The third kappa shape index (κ3) is 5.09. The average molecular weight is 477 g/mol. The summed E-state index contributed by atoms with van der Waals surface area (Å²) in [5, 5.41) is 5.51. The smallest absolute Gasteiger partial charge is 0.385 e. The van der Waals surface area contributed by atoms with Crippen LogP contribution >= 0.6 is 11.8 Å². The molecule has 3 rings (SSSR count). The molecule has 13 heteroatoms. The Bertz CT molecular complexity index is 1140. The maximum atomic E-state index is 13.0. The number of carbonyl (C=O) groups excluding carboxylic acids is 1. The van der Waals surface area contributed by atoms with Gasteiger partial charge >= 0.3 is 12.4 Å². The Morgan fingerprint density at radius 1 is 1.12 bits per heavy atom. The summed E-state index contributed by atoms with van der Waals surface area (Å²) in [5.41, 5.74) is -1.80. The number of imidazole rings is 1. The average Bonchev–Trinajstić information content (AvgIpc) is 3.03. The van der Waals surface area contributed by atoms with Gasteiger partial charge in [-0.3, -0.25) is 9.20 Å². The number of nitrogens with one attached hydrogen (secondary N) is 2. The third-order valence-corrected chi connectivity index (χ3v) is 5.32. The molecule has 3 aromatic heterocycles. The van der Waals surface area contributed by atoms with E-state index < -0.39 is 29.5 Å². The molecule has 0 radical (unpaired) electrons. The van der Waals surface area contributed by atoms with Gasteiger partial charge in [0, 0.05) is 13.2 Å². The van der Waals surface area contributed by atoms with Crippen LogP contribution < -0.4 is 10.6 Å². The van der Waals surface area contributed by atoms with E-state index in [1.165, 1.54) is 29.4 Å². The minimum Gasteiger partial charge on any atom is -0.385 e. The van der Waals surface area contributed by atoms with Gasteiger partial charge in [-0.1, -0.05) is 6.92 Å². The highest BCUT2D eigenvalue weighted by Gasteiger charge is 2.33. The zero-order valence-corrected chi connectivity index (χ0v) is 17.5. The molecule has 3 aromatic rings. The van der Waals surface area contributed by atoms with Crippen molar-refractivity contribution in [2.75, 3.05) is 23.4 Å². The van der Waals surface area contributed by atoms with Crippen molar-refractivity contribution >= 4 is 34.7 Å². The van der Waals surface area contributed by atoms with Crippen molar-refractivity contribution < 1.29 is 31.1 Å². The number of amides is 1. The Balaban J connectivity index is 1.92. The van der Waals surface area contributed by atoms with Gasteiger partial charge in [-0.25, -0.2) is 9.97 Å². The SMILES string of the molecule is CCSc1c(CC(=O)Nc2cc(C(F)(F)F)ncc2NC)nc2cc(C(F)(F)F)ccn12. The van der Waals surface area contributed by atoms with Crippen LogP contribution in [-0.2, 0) is 23.6 Å².